The average Bonchev–Trinajstić information content (AvgIpc) is 2.47. The molecule has 0 saturated carbocycles. The highest BCUT2D eigenvalue weighted by Crippen LogP contribution is 2.22. The summed E-state index contributed by atoms with van der Waals surface area (Å²) >= 11 is 0. The van der Waals surface area contributed by atoms with Crippen molar-refractivity contribution in [2.75, 3.05) is 11.9 Å². The van der Waals surface area contributed by atoms with E-state index in [1.165, 1.54) is 36.1 Å². The van der Waals surface area contributed by atoms with Crippen molar-refractivity contribution >= 4 is 21.7 Å². The molecule has 2 aromatic rings. The second-order valence-corrected chi connectivity index (χ2v) is 6.47. The maximum Gasteiger partial charge on any atom is 0.339 e. The Morgan fingerprint density at radius 3 is 2.05 bits per heavy atom. The third kappa shape index (κ3) is 3.65. The Kier molecular flexibility index (Phi) is 4.51. The lowest BCUT2D eigenvalue weighted by Gasteiger charge is -2.15. The fourth-order valence-electron chi connectivity index (χ4n) is 1.79. The van der Waals surface area contributed by atoms with Gasteiger partial charge in [-0.1, -0.05) is 17.7 Å². The largest absolute Gasteiger partial charge is 0.379 e. The minimum atomic E-state index is -3.86. The number of hydrogen-bond donors (Lipinski definition) is 0. The molecule has 0 atom stereocenters. The molecule has 0 aliphatic rings. The Morgan fingerprint density at radius 2 is 1.55 bits per heavy atom. The zero-order valence-corrected chi connectivity index (χ0v) is 13.4. The summed E-state index contributed by atoms with van der Waals surface area (Å²) in [5.74, 6) is 0.0854. The molecule has 0 aromatic heterocycles. The van der Waals surface area contributed by atoms with E-state index in [0.717, 1.165) is 5.56 Å². The van der Waals surface area contributed by atoms with Crippen molar-refractivity contribution in [2.45, 2.75) is 18.7 Å². The highest BCUT2D eigenvalue weighted by atomic mass is 32.2. The van der Waals surface area contributed by atoms with E-state index in [0.29, 0.717) is 5.69 Å². The number of aryl methyl sites for hydroxylation is 1. The SMILES string of the molecule is CC(=O)N(C)c1ccc(OS(=O)(=O)c2ccc(C)cc2)cc1. The zero-order chi connectivity index (χ0) is 16.3. The molecule has 0 radical (unpaired) electrons. The summed E-state index contributed by atoms with van der Waals surface area (Å²) in [4.78, 5) is 12.8. The van der Waals surface area contributed by atoms with Crippen molar-refractivity contribution in [3.63, 3.8) is 0 Å². The van der Waals surface area contributed by atoms with Crippen LogP contribution < -0.4 is 9.08 Å². The molecule has 0 fully saturated rings. The number of carbonyl (C=O) groups is 1. The summed E-state index contributed by atoms with van der Waals surface area (Å²) in [7, 11) is -2.22. The van der Waals surface area contributed by atoms with E-state index in [-0.39, 0.29) is 16.6 Å². The summed E-state index contributed by atoms with van der Waals surface area (Å²) < 4.78 is 29.4. The van der Waals surface area contributed by atoms with Crippen molar-refractivity contribution in [3.8, 4) is 5.75 Å². The van der Waals surface area contributed by atoms with Gasteiger partial charge in [-0.2, -0.15) is 8.42 Å². The van der Waals surface area contributed by atoms with E-state index >= 15 is 0 Å². The molecule has 0 unspecified atom stereocenters. The Bertz CT molecular complexity index is 765. The standard InChI is InChI=1S/C16H17NO4S/c1-12-4-10-16(11-5-12)22(19,20)21-15-8-6-14(7-9-15)17(3)13(2)18/h4-11H,1-3H3. The first kappa shape index (κ1) is 16.0. The van der Waals surface area contributed by atoms with Crippen LogP contribution in [0.5, 0.6) is 5.75 Å². The van der Waals surface area contributed by atoms with Crippen molar-refractivity contribution in [2.24, 2.45) is 0 Å². The number of rotatable bonds is 4. The van der Waals surface area contributed by atoms with Gasteiger partial charge in [0.1, 0.15) is 10.6 Å². The molecule has 2 rings (SSSR count). The van der Waals surface area contributed by atoms with Gasteiger partial charge in [0.2, 0.25) is 5.91 Å². The molecule has 1 amide bonds. The molecule has 116 valence electrons. The molecule has 5 nitrogen and oxygen atoms in total. The predicted molar refractivity (Wildman–Crippen MR) is 84.5 cm³/mol. The van der Waals surface area contributed by atoms with Gasteiger partial charge in [-0.3, -0.25) is 4.79 Å². The Morgan fingerprint density at radius 1 is 1.00 bits per heavy atom. The van der Waals surface area contributed by atoms with Gasteiger partial charge in [0.05, 0.1) is 0 Å². The lowest BCUT2D eigenvalue weighted by atomic mass is 10.2. The molecule has 6 heteroatoms. The number of hydrogen-bond acceptors (Lipinski definition) is 4. The van der Waals surface area contributed by atoms with Crippen LogP contribution in [0.4, 0.5) is 5.69 Å². The van der Waals surface area contributed by atoms with E-state index in [1.807, 2.05) is 6.92 Å². The van der Waals surface area contributed by atoms with Gasteiger partial charge in [0.15, 0.2) is 0 Å². The molecule has 0 N–H and O–H groups in total. The van der Waals surface area contributed by atoms with Crippen LogP contribution in [-0.4, -0.2) is 21.4 Å². The van der Waals surface area contributed by atoms with Crippen LogP contribution in [0.25, 0.3) is 0 Å². The Hall–Kier alpha value is -2.34. The molecule has 2 aromatic carbocycles. The van der Waals surface area contributed by atoms with Crippen LogP contribution in [0.15, 0.2) is 53.4 Å². The highest BCUT2D eigenvalue weighted by Gasteiger charge is 2.16. The molecule has 22 heavy (non-hydrogen) atoms. The highest BCUT2D eigenvalue weighted by molar-refractivity contribution is 7.87. The van der Waals surface area contributed by atoms with Gasteiger partial charge >= 0.3 is 10.1 Å². The van der Waals surface area contributed by atoms with E-state index in [4.69, 9.17) is 4.18 Å². The number of benzene rings is 2. The van der Waals surface area contributed by atoms with E-state index in [9.17, 15) is 13.2 Å². The van der Waals surface area contributed by atoms with Crippen LogP contribution in [0.2, 0.25) is 0 Å². The molecule has 0 spiro atoms. The maximum absolute atomic E-state index is 12.2. The number of amides is 1. The van der Waals surface area contributed by atoms with Crippen molar-refractivity contribution in [1.29, 1.82) is 0 Å². The molecule has 0 saturated heterocycles. The first-order valence-corrected chi connectivity index (χ1v) is 8.06. The van der Waals surface area contributed by atoms with Crippen molar-refractivity contribution in [1.82, 2.24) is 0 Å². The molecule has 0 aliphatic heterocycles. The smallest absolute Gasteiger partial charge is 0.339 e. The van der Waals surface area contributed by atoms with Crippen molar-refractivity contribution < 1.29 is 17.4 Å². The van der Waals surface area contributed by atoms with Crippen LogP contribution in [0.3, 0.4) is 0 Å². The third-order valence-corrected chi connectivity index (χ3v) is 4.47. The first-order valence-electron chi connectivity index (χ1n) is 6.65. The third-order valence-electron chi connectivity index (χ3n) is 3.21. The quantitative estimate of drug-likeness (QED) is 0.813. The number of nitrogens with zero attached hydrogens (tertiary/aromatic N) is 1. The zero-order valence-electron chi connectivity index (χ0n) is 12.6. The van der Waals surface area contributed by atoms with Gasteiger partial charge in [0.25, 0.3) is 0 Å². The topological polar surface area (TPSA) is 63.7 Å². The molecular weight excluding hydrogens is 302 g/mol. The van der Waals surface area contributed by atoms with Gasteiger partial charge in [-0.15, -0.1) is 0 Å². The van der Waals surface area contributed by atoms with E-state index in [2.05, 4.69) is 0 Å². The van der Waals surface area contributed by atoms with E-state index < -0.39 is 10.1 Å². The molecule has 0 heterocycles. The second-order valence-electron chi connectivity index (χ2n) is 4.92. The van der Waals surface area contributed by atoms with E-state index in [1.54, 1.807) is 31.3 Å². The minimum Gasteiger partial charge on any atom is -0.379 e. The molecule has 0 bridgehead atoms. The van der Waals surface area contributed by atoms with Gasteiger partial charge in [-0.05, 0) is 43.3 Å². The van der Waals surface area contributed by atoms with Gasteiger partial charge < -0.3 is 9.08 Å². The first-order chi connectivity index (χ1) is 10.3. The Balaban J connectivity index is 2.20. The summed E-state index contributed by atoms with van der Waals surface area (Å²) in [5, 5.41) is 0. The van der Waals surface area contributed by atoms with Crippen LogP contribution >= 0.6 is 0 Å². The van der Waals surface area contributed by atoms with Gasteiger partial charge in [0, 0.05) is 19.7 Å². The fourth-order valence-corrected chi connectivity index (χ4v) is 2.72. The minimum absolute atomic E-state index is 0.100. The summed E-state index contributed by atoms with van der Waals surface area (Å²) in [6, 6.07) is 12.7. The lowest BCUT2D eigenvalue weighted by Crippen LogP contribution is -2.22. The summed E-state index contributed by atoms with van der Waals surface area (Å²) in [5.41, 5.74) is 1.63. The van der Waals surface area contributed by atoms with Gasteiger partial charge in [-0.25, -0.2) is 0 Å². The second kappa shape index (κ2) is 6.19. The monoisotopic (exact) mass is 319 g/mol. The summed E-state index contributed by atoms with van der Waals surface area (Å²) in [6.07, 6.45) is 0. The molecule has 0 aliphatic carbocycles. The van der Waals surface area contributed by atoms with Crippen LogP contribution in [0.1, 0.15) is 12.5 Å². The van der Waals surface area contributed by atoms with Crippen molar-refractivity contribution in [3.05, 3.63) is 54.1 Å². The number of anilines is 1. The Labute approximate surface area is 130 Å². The van der Waals surface area contributed by atoms with Crippen LogP contribution in [-0.2, 0) is 14.9 Å². The van der Waals surface area contributed by atoms with Crippen LogP contribution in [0, 0.1) is 6.92 Å². The average molecular weight is 319 g/mol. The fraction of sp³-hybridized carbons (Fsp3) is 0.188. The lowest BCUT2D eigenvalue weighted by molar-refractivity contribution is -0.116. The molecular formula is C16H17NO4S. The maximum atomic E-state index is 12.2. The normalized spacial score (nSPS) is 11.0. The summed E-state index contributed by atoms with van der Waals surface area (Å²) in [6.45, 7) is 3.33. The number of carbonyl (C=O) groups excluding carboxylic acids is 1. The predicted octanol–water partition coefficient (Wildman–Crippen LogP) is 2.75.